The Morgan fingerprint density at radius 2 is 1.81 bits per heavy atom. The maximum absolute atomic E-state index is 12.7. The zero-order valence-corrected chi connectivity index (χ0v) is 17.1. The molecule has 0 fully saturated rings. The van der Waals surface area contributed by atoms with Crippen LogP contribution >= 0.6 is 34.8 Å². The average Bonchev–Trinajstić information content (AvgIpc) is 2.54. The van der Waals surface area contributed by atoms with Gasteiger partial charge in [0.1, 0.15) is 6.04 Å². The third kappa shape index (κ3) is 5.04. The molecule has 2 aromatic rings. The second-order valence-corrected chi connectivity index (χ2v) is 8.69. The molecule has 0 saturated carbocycles. The Labute approximate surface area is 167 Å². The Balaban J connectivity index is 2.40. The largest absolute Gasteiger partial charge is 0.324 e. The zero-order chi connectivity index (χ0) is 19.5. The number of amides is 1. The van der Waals surface area contributed by atoms with E-state index >= 15 is 0 Å². The van der Waals surface area contributed by atoms with Crippen molar-refractivity contribution in [2.45, 2.75) is 19.4 Å². The van der Waals surface area contributed by atoms with Gasteiger partial charge in [-0.15, -0.1) is 0 Å². The Bertz CT molecular complexity index is 919. The van der Waals surface area contributed by atoms with Crippen molar-refractivity contribution in [1.29, 1.82) is 0 Å². The van der Waals surface area contributed by atoms with E-state index in [1.807, 2.05) is 0 Å². The van der Waals surface area contributed by atoms with E-state index in [-0.39, 0.29) is 17.1 Å². The van der Waals surface area contributed by atoms with Crippen molar-refractivity contribution in [1.82, 2.24) is 0 Å². The third-order valence-corrected chi connectivity index (χ3v) is 5.73. The molecule has 0 bridgehead atoms. The maximum atomic E-state index is 12.7. The van der Waals surface area contributed by atoms with Crippen molar-refractivity contribution in [3.05, 3.63) is 57.5 Å². The lowest BCUT2D eigenvalue weighted by atomic mass is 10.2. The van der Waals surface area contributed by atoms with Gasteiger partial charge in [0.05, 0.1) is 22.0 Å². The Morgan fingerprint density at radius 1 is 1.12 bits per heavy atom. The highest BCUT2D eigenvalue weighted by Crippen LogP contribution is 2.30. The monoisotopic (exact) mass is 434 g/mol. The molecule has 140 valence electrons. The lowest BCUT2D eigenvalue weighted by Crippen LogP contribution is -2.47. The molecule has 1 unspecified atom stereocenters. The zero-order valence-electron chi connectivity index (χ0n) is 14.0. The minimum Gasteiger partial charge on any atom is -0.324 e. The van der Waals surface area contributed by atoms with Crippen molar-refractivity contribution in [3.63, 3.8) is 0 Å². The van der Waals surface area contributed by atoms with E-state index in [1.165, 1.54) is 18.2 Å². The van der Waals surface area contributed by atoms with Gasteiger partial charge in [-0.25, -0.2) is 8.42 Å². The molecular formula is C17H17Cl3N2O3S. The number of halogens is 3. The fourth-order valence-electron chi connectivity index (χ4n) is 2.47. The molecule has 0 spiro atoms. The van der Waals surface area contributed by atoms with Crippen molar-refractivity contribution in [2.24, 2.45) is 0 Å². The molecule has 0 aliphatic heterocycles. The minimum atomic E-state index is -3.76. The second-order valence-electron chi connectivity index (χ2n) is 5.58. The van der Waals surface area contributed by atoms with Crippen LogP contribution in [0.5, 0.6) is 0 Å². The van der Waals surface area contributed by atoms with Crippen LogP contribution in [0.1, 0.15) is 13.3 Å². The molecule has 9 heteroatoms. The van der Waals surface area contributed by atoms with Gasteiger partial charge in [-0.05, 0) is 42.8 Å². The summed E-state index contributed by atoms with van der Waals surface area (Å²) in [6.07, 6.45) is 1.28. The summed E-state index contributed by atoms with van der Waals surface area (Å²) in [6, 6.07) is 10.0. The van der Waals surface area contributed by atoms with Crippen LogP contribution in [0.3, 0.4) is 0 Å². The van der Waals surface area contributed by atoms with Crippen LogP contribution in [0, 0.1) is 0 Å². The van der Waals surface area contributed by atoms with Gasteiger partial charge in [0.15, 0.2) is 0 Å². The van der Waals surface area contributed by atoms with E-state index in [0.29, 0.717) is 15.7 Å². The molecule has 5 nitrogen and oxygen atoms in total. The second kappa shape index (κ2) is 8.48. The number of hydrogen-bond donors (Lipinski definition) is 1. The van der Waals surface area contributed by atoms with Crippen LogP contribution in [0.15, 0.2) is 42.5 Å². The predicted molar refractivity (Wildman–Crippen MR) is 108 cm³/mol. The van der Waals surface area contributed by atoms with Crippen LogP contribution in [0.4, 0.5) is 11.4 Å². The summed E-state index contributed by atoms with van der Waals surface area (Å²) in [5.74, 6) is -0.480. The number of anilines is 2. The van der Waals surface area contributed by atoms with Gasteiger partial charge in [-0.1, -0.05) is 47.8 Å². The highest BCUT2D eigenvalue weighted by Gasteiger charge is 2.31. The molecule has 0 aliphatic rings. The highest BCUT2D eigenvalue weighted by molar-refractivity contribution is 7.92. The van der Waals surface area contributed by atoms with Crippen LogP contribution in [-0.4, -0.2) is 26.6 Å². The smallest absolute Gasteiger partial charge is 0.248 e. The molecule has 0 aromatic heterocycles. The summed E-state index contributed by atoms with van der Waals surface area (Å²) < 4.78 is 25.8. The molecule has 0 saturated heterocycles. The van der Waals surface area contributed by atoms with Crippen molar-refractivity contribution in [2.75, 3.05) is 15.9 Å². The van der Waals surface area contributed by atoms with Gasteiger partial charge in [0, 0.05) is 10.7 Å². The molecular weight excluding hydrogens is 419 g/mol. The van der Waals surface area contributed by atoms with E-state index in [0.717, 1.165) is 10.6 Å². The van der Waals surface area contributed by atoms with Crippen molar-refractivity contribution in [3.8, 4) is 0 Å². The first-order valence-corrected chi connectivity index (χ1v) is 10.6. The summed E-state index contributed by atoms with van der Waals surface area (Å²) >= 11 is 17.8. The minimum absolute atomic E-state index is 0.197. The topological polar surface area (TPSA) is 66.5 Å². The number of nitrogens with zero attached hydrogens (tertiary/aromatic N) is 1. The summed E-state index contributed by atoms with van der Waals surface area (Å²) in [4.78, 5) is 12.7. The number of carbonyl (C=O) groups excluding carboxylic acids is 1. The normalized spacial score (nSPS) is 12.5. The van der Waals surface area contributed by atoms with Crippen molar-refractivity contribution < 1.29 is 13.2 Å². The van der Waals surface area contributed by atoms with E-state index < -0.39 is 22.0 Å². The number of rotatable bonds is 6. The van der Waals surface area contributed by atoms with Crippen LogP contribution in [-0.2, 0) is 14.8 Å². The number of sulfonamides is 1. The van der Waals surface area contributed by atoms with Gasteiger partial charge in [0.25, 0.3) is 0 Å². The van der Waals surface area contributed by atoms with Gasteiger partial charge in [-0.3, -0.25) is 9.10 Å². The SMILES string of the molecule is CCC(C(=O)Nc1cccc(Cl)c1)N(c1ccc(Cl)c(Cl)c1)S(C)(=O)=O. The molecule has 0 aliphatic carbocycles. The Morgan fingerprint density at radius 3 is 2.35 bits per heavy atom. The number of nitrogens with one attached hydrogen (secondary N) is 1. The summed E-state index contributed by atoms with van der Waals surface area (Å²) in [5.41, 5.74) is 0.735. The Hall–Kier alpha value is -1.47. The van der Waals surface area contributed by atoms with Crippen LogP contribution in [0.2, 0.25) is 15.1 Å². The molecule has 1 amide bonds. The first-order valence-electron chi connectivity index (χ1n) is 7.64. The predicted octanol–water partition coefficient (Wildman–Crippen LogP) is 4.83. The molecule has 1 N–H and O–H groups in total. The molecule has 1 atom stereocenters. The molecule has 0 heterocycles. The quantitative estimate of drug-likeness (QED) is 0.706. The van der Waals surface area contributed by atoms with E-state index in [1.54, 1.807) is 31.2 Å². The number of carbonyl (C=O) groups is 1. The average molecular weight is 436 g/mol. The molecule has 2 aromatic carbocycles. The maximum Gasteiger partial charge on any atom is 0.248 e. The highest BCUT2D eigenvalue weighted by atomic mass is 35.5. The van der Waals surface area contributed by atoms with Gasteiger partial charge in [-0.2, -0.15) is 0 Å². The van der Waals surface area contributed by atoms with Crippen LogP contribution < -0.4 is 9.62 Å². The Kier molecular flexibility index (Phi) is 6.80. The summed E-state index contributed by atoms with van der Waals surface area (Å²) in [7, 11) is -3.76. The van der Waals surface area contributed by atoms with Gasteiger partial charge in [0.2, 0.25) is 15.9 Å². The third-order valence-electron chi connectivity index (χ3n) is 3.58. The van der Waals surface area contributed by atoms with Crippen LogP contribution in [0.25, 0.3) is 0 Å². The molecule has 2 rings (SSSR count). The van der Waals surface area contributed by atoms with Crippen molar-refractivity contribution >= 4 is 62.1 Å². The fourth-order valence-corrected chi connectivity index (χ4v) is 4.16. The van der Waals surface area contributed by atoms with Gasteiger partial charge >= 0.3 is 0 Å². The lowest BCUT2D eigenvalue weighted by molar-refractivity contribution is -0.117. The van der Waals surface area contributed by atoms with Gasteiger partial charge < -0.3 is 5.32 Å². The lowest BCUT2D eigenvalue weighted by Gasteiger charge is -2.30. The molecule has 26 heavy (non-hydrogen) atoms. The first-order chi connectivity index (χ1) is 12.1. The fraction of sp³-hybridized carbons (Fsp3) is 0.235. The molecule has 0 radical (unpaired) electrons. The summed E-state index contributed by atoms with van der Waals surface area (Å²) in [5, 5.41) is 3.64. The summed E-state index contributed by atoms with van der Waals surface area (Å²) in [6.45, 7) is 1.72. The standard InChI is InChI=1S/C17H17Cl3N2O3S/c1-3-16(17(23)21-12-6-4-5-11(18)9-12)22(26(2,24)25)13-7-8-14(19)15(20)10-13/h4-10,16H,3H2,1-2H3,(H,21,23). The number of hydrogen-bond acceptors (Lipinski definition) is 3. The van der Waals surface area contributed by atoms with E-state index in [4.69, 9.17) is 34.8 Å². The van der Waals surface area contributed by atoms with E-state index in [9.17, 15) is 13.2 Å². The van der Waals surface area contributed by atoms with E-state index in [2.05, 4.69) is 5.32 Å². The first kappa shape index (κ1) is 20.8. The number of benzene rings is 2.